The molecule has 3 aromatic rings. The van der Waals surface area contributed by atoms with E-state index in [1.807, 2.05) is 95.2 Å². The van der Waals surface area contributed by atoms with Crippen molar-refractivity contribution in [3.63, 3.8) is 0 Å². The molecule has 0 amide bonds. The molecule has 3 heteroatoms. The maximum atomic E-state index is 12.3. The summed E-state index contributed by atoms with van der Waals surface area (Å²) in [7, 11) is 0. The zero-order chi connectivity index (χ0) is 27.9. The van der Waals surface area contributed by atoms with Crippen LogP contribution in [0.4, 0.5) is 13.2 Å². The van der Waals surface area contributed by atoms with E-state index in [0.29, 0.717) is 5.56 Å². The van der Waals surface area contributed by atoms with Gasteiger partial charge in [-0.25, -0.2) is 13.2 Å². The lowest BCUT2D eigenvalue weighted by Gasteiger charge is -1.89. The van der Waals surface area contributed by atoms with Crippen molar-refractivity contribution in [2.24, 2.45) is 0 Å². The summed E-state index contributed by atoms with van der Waals surface area (Å²) >= 11 is 0. The van der Waals surface area contributed by atoms with Gasteiger partial charge < -0.3 is 0 Å². The molecule has 0 saturated carbocycles. The molecule has 0 fully saturated rings. The summed E-state index contributed by atoms with van der Waals surface area (Å²) in [6.45, 7) is 25.5. The van der Waals surface area contributed by atoms with Gasteiger partial charge in [-0.2, -0.15) is 0 Å². The van der Waals surface area contributed by atoms with Crippen LogP contribution in [0.5, 0.6) is 0 Å². The Morgan fingerprint density at radius 1 is 0.412 bits per heavy atom. The number of hydrogen-bond donors (Lipinski definition) is 0. The van der Waals surface area contributed by atoms with Gasteiger partial charge in [0, 0.05) is 0 Å². The second-order valence-electron chi connectivity index (χ2n) is 5.34. The van der Waals surface area contributed by atoms with Crippen molar-refractivity contribution >= 4 is 0 Å². The highest BCUT2D eigenvalue weighted by Crippen LogP contribution is 2.02. The van der Waals surface area contributed by atoms with Crippen LogP contribution in [-0.2, 0) is 0 Å². The first-order valence-corrected chi connectivity index (χ1v) is 12.5. The third-order valence-electron chi connectivity index (χ3n) is 3.07. The van der Waals surface area contributed by atoms with Gasteiger partial charge in [-0.1, -0.05) is 117 Å². The van der Waals surface area contributed by atoms with E-state index < -0.39 is 0 Å². The summed E-state index contributed by atoms with van der Waals surface area (Å²) in [4.78, 5) is 0. The summed E-state index contributed by atoms with van der Waals surface area (Å²) in [5.74, 6) is -0.465. The number of benzene rings is 3. The fourth-order valence-corrected chi connectivity index (χ4v) is 1.69. The lowest BCUT2D eigenvalue weighted by Crippen LogP contribution is -1.76. The Kier molecular flexibility index (Phi) is 43.0. The van der Waals surface area contributed by atoms with E-state index in [4.69, 9.17) is 0 Å². The minimum atomic E-state index is -0.171. The number of halogens is 3. The number of hydrogen-bond acceptors (Lipinski definition) is 0. The molecule has 0 nitrogen and oxygen atoms in total. The second kappa shape index (κ2) is 35.0. The zero-order valence-electron chi connectivity index (χ0n) is 24.1. The molecular weight excluding hydrogens is 429 g/mol. The molecule has 0 atom stereocenters. The maximum Gasteiger partial charge on any atom is 0.126 e. The van der Waals surface area contributed by atoms with Gasteiger partial charge >= 0.3 is 0 Å². The maximum absolute atomic E-state index is 12.3. The topological polar surface area (TPSA) is 0 Å². The van der Waals surface area contributed by atoms with Gasteiger partial charge in [0.05, 0.1) is 0 Å². The Bertz CT molecular complexity index is 676. The minimum Gasteiger partial charge on any atom is -0.207 e. The molecule has 34 heavy (non-hydrogen) atoms. The fourth-order valence-electron chi connectivity index (χ4n) is 1.69. The Balaban J connectivity index is -0.000000104. The van der Waals surface area contributed by atoms with Crippen LogP contribution in [0.3, 0.4) is 0 Å². The van der Waals surface area contributed by atoms with Gasteiger partial charge in [-0.3, -0.25) is 0 Å². The van der Waals surface area contributed by atoms with Crippen molar-refractivity contribution in [1.82, 2.24) is 0 Å². The van der Waals surface area contributed by atoms with E-state index in [1.165, 1.54) is 30.3 Å². The van der Waals surface area contributed by atoms with Crippen LogP contribution in [0.2, 0.25) is 0 Å². The number of rotatable bonds is 0. The molecule has 0 aliphatic carbocycles. The molecule has 0 aliphatic heterocycles. The van der Waals surface area contributed by atoms with Crippen molar-refractivity contribution in [2.75, 3.05) is 0 Å². The summed E-state index contributed by atoms with van der Waals surface area (Å²) < 4.78 is 36.6. The highest BCUT2D eigenvalue weighted by atomic mass is 19.1. The van der Waals surface area contributed by atoms with E-state index in [1.54, 1.807) is 37.3 Å². The van der Waals surface area contributed by atoms with Crippen molar-refractivity contribution in [2.45, 2.75) is 90.0 Å². The average Bonchev–Trinajstić information content (AvgIpc) is 2.90. The van der Waals surface area contributed by atoms with Gasteiger partial charge in [-0.05, 0) is 62.2 Å². The van der Waals surface area contributed by atoms with Crippen LogP contribution in [0, 0.1) is 38.2 Å². The van der Waals surface area contributed by atoms with Crippen LogP contribution in [-0.4, -0.2) is 0 Å². The first-order valence-electron chi connectivity index (χ1n) is 12.5. The third kappa shape index (κ3) is 29.5. The molecule has 0 heterocycles. The molecule has 0 N–H and O–H groups in total. The van der Waals surface area contributed by atoms with E-state index >= 15 is 0 Å². The predicted octanol–water partition coefficient (Wildman–Crippen LogP) is 11.5. The van der Waals surface area contributed by atoms with E-state index in [2.05, 4.69) is 0 Å². The Labute approximate surface area is 210 Å². The molecule has 3 rings (SSSR count). The van der Waals surface area contributed by atoms with Crippen molar-refractivity contribution in [3.8, 4) is 0 Å². The van der Waals surface area contributed by atoms with Crippen LogP contribution in [0.25, 0.3) is 0 Å². The van der Waals surface area contributed by atoms with Crippen molar-refractivity contribution in [1.29, 1.82) is 0 Å². The second-order valence-corrected chi connectivity index (χ2v) is 5.34. The normalized spacial score (nSPS) is 7.41. The largest absolute Gasteiger partial charge is 0.207 e. The Hall–Kier alpha value is -2.55. The number of aryl methyl sites for hydroxylation is 3. The van der Waals surface area contributed by atoms with Gasteiger partial charge in [0.1, 0.15) is 17.5 Å². The summed E-state index contributed by atoms with van der Waals surface area (Å²) in [6, 6.07) is 19.6. The first kappa shape index (κ1) is 41.7. The van der Waals surface area contributed by atoms with Gasteiger partial charge in [0.25, 0.3) is 0 Å². The SMILES string of the molecule is CC.CC.CC.CC.CC.Cc1ccc(F)cc1.Cc1cccc(F)c1.Cc1ccccc1F. The van der Waals surface area contributed by atoms with Crippen molar-refractivity contribution < 1.29 is 13.2 Å². The quantitative estimate of drug-likeness (QED) is 0.300. The molecule has 0 saturated heterocycles. The first-order chi connectivity index (χ1) is 16.4. The monoisotopic (exact) mass is 480 g/mol. The molecule has 0 aliphatic rings. The molecule has 196 valence electrons. The lowest BCUT2D eigenvalue weighted by atomic mass is 10.2. The summed E-state index contributed by atoms with van der Waals surface area (Å²) in [6.07, 6.45) is 0. The average molecular weight is 481 g/mol. The molecule has 0 unspecified atom stereocenters. The standard InChI is InChI=1S/3C7H7F.5C2H6/c1-6-2-4-7(8)5-3-6;1-6-3-2-4-7(8)5-6;1-6-4-2-3-5-7(6)8;5*1-2/h3*2-5H,1H3;5*1-2H3. The van der Waals surface area contributed by atoms with E-state index in [-0.39, 0.29) is 17.5 Å². The summed E-state index contributed by atoms with van der Waals surface area (Å²) in [5, 5.41) is 0. The summed E-state index contributed by atoms with van der Waals surface area (Å²) in [5.41, 5.74) is 2.75. The zero-order valence-corrected chi connectivity index (χ0v) is 24.1. The molecule has 0 aromatic heterocycles. The minimum absolute atomic E-state index is 0.132. The molecular formula is C31H51F3. The van der Waals surface area contributed by atoms with Crippen LogP contribution >= 0.6 is 0 Å². The van der Waals surface area contributed by atoms with Gasteiger partial charge in [0.2, 0.25) is 0 Å². The Morgan fingerprint density at radius 3 is 1.12 bits per heavy atom. The molecule has 0 spiro atoms. The smallest absolute Gasteiger partial charge is 0.126 e. The third-order valence-corrected chi connectivity index (χ3v) is 3.07. The molecule has 0 bridgehead atoms. The molecule has 0 radical (unpaired) electrons. The highest BCUT2D eigenvalue weighted by Gasteiger charge is 1.88. The van der Waals surface area contributed by atoms with Crippen LogP contribution in [0.15, 0.2) is 72.8 Å². The fraction of sp³-hybridized carbons (Fsp3) is 0.419. The molecule has 3 aromatic carbocycles. The Morgan fingerprint density at radius 2 is 0.853 bits per heavy atom. The van der Waals surface area contributed by atoms with E-state index in [9.17, 15) is 13.2 Å². The van der Waals surface area contributed by atoms with E-state index in [0.717, 1.165) is 11.1 Å². The van der Waals surface area contributed by atoms with Gasteiger partial charge in [0.15, 0.2) is 0 Å². The van der Waals surface area contributed by atoms with Crippen LogP contribution in [0.1, 0.15) is 85.9 Å². The lowest BCUT2D eigenvalue weighted by molar-refractivity contribution is 0.618. The van der Waals surface area contributed by atoms with Crippen molar-refractivity contribution in [3.05, 3.63) is 107 Å². The predicted molar refractivity (Wildman–Crippen MR) is 150 cm³/mol. The highest BCUT2D eigenvalue weighted by molar-refractivity contribution is 5.15. The van der Waals surface area contributed by atoms with Crippen LogP contribution < -0.4 is 0 Å². The van der Waals surface area contributed by atoms with Gasteiger partial charge in [-0.15, -0.1) is 0 Å².